The van der Waals surface area contributed by atoms with Gasteiger partial charge in [-0.3, -0.25) is 14.3 Å². The molecule has 0 saturated carbocycles. The smallest absolute Gasteiger partial charge is 0.415 e. The standard InChI is InChI=1S/C12H16N4O4/c1-12(7-14-4-2-9(17)3-5-14)8-15-6-10(16(18)19)13-11(15)20-12/h6H,2-5,7-8H2,1H3. The Morgan fingerprint density at radius 1 is 1.50 bits per heavy atom. The van der Waals surface area contributed by atoms with Crippen LogP contribution >= 0.6 is 0 Å². The summed E-state index contributed by atoms with van der Waals surface area (Å²) in [7, 11) is 0. The van der Waals surface area contributed by atoms with Gasteiger partial charge in [-0.25, -0.2) is 0 Å². The number of rotatable bonds is 3. The highest BCUT2D eigenvalue weighted by atomic mass is 16.6. The number of nitrogens with zero attached hydrogens (tertiary/aromatic N) is 4. The number of piperidine rings is 1. The van der Waals surface area contributed by atoms with E-state index in [-0.39, 0.29) is 5.82 Å². The van der Waals surface area contributed by atoms with Crippen LogP contribution in [-0.4, -0.2) is 50.4 Å². The number of ketones is 1. The summed E-state index contributed by atoms with van der Waals surface area (Å²) >= 11 is 0. The van der Waals surface area contributed by atoms with Crippen LogP contribution < -0.4 is 4.74 Å². The first kappa shape index (κ1) is 13.0. The van der Waals surface area contributed by atoms with Crippen molar-refractivity contribution in [1.82, 2.24) is 14.5 Å². The monoisotopic (exact) mass is 280 g/mol. The number of fused-ring (bicyclic) bond motifs is 1. The van der Waals surface area contributed by atoms with Crippen LogP contribution in [0.5, 0.6) is 6.01 Å². The van der Waals surface area contributed by atoms with Gasteiger partial charge in [-0.05, 0) is 11.8 Å². The molecule has 0 bridgehead atoms. The maximum atomic E-state index is 11.2. The number of ether oxygens (including phenoxy) is 1. The van der Waals surface area contributed by atoms with Crippen molar-refractivity contribution in [2.75, 3.05) is 19.6 Å². The summed E-state index contributed by atoms with van der Waals surface area (Å²) in [6.45, 7) is 4.69. The van der Waals surface area contributed by atoms with Crippen LogP contribution in [0.2, 0.25) is 0 Å². The lowest BCUT2D eigenvalue weighted by Gasteiger charge is -2.32. The van der Waals surface area contributed by atoms with Crippen LogP contribution in [0, 0.1) is 10.1 Å². The zero-order chi connectivity index (χ0) is 14.3. The molecule has 1 aromatic heterocycles. The topological polar surface area (TPSA) is 90.5 Å². The number of carbonyl (C=O) groups excluding carboxylic acids is 1. The van der Waals surface area contributed by atoms with E-state index < -0.39 is 10.5 Å². The average molecular weight is 280 g/mol. The molecule has 0 aliphatic carbocycles. The molecule has 8 heteroatoms. The molecule has 8 nitrogen and oxygen atoms in total. The summed E-state index contributed by atoms with van der Waals surface area (Å²) in [6, 6.07) is 0.298. The van der Waals surface area contributed by atoms with Crippen molar-refractivity contribution < 1.29 is 14.5 Å². The van der Waals surface area contributed by atoms with E-state index in [0.29, 0.717) is 37.7 Å². The summed E-state index contributed by atoms with van der Waals surface area (Å²) in [5.74, 6) is 0.118. The quantitative estimate of drug-likeness (QED) is 0.595. The van der Waals surface area contributed by atoms with E-state index in [1.165, 1.54) is 6.20 Å². The number of hydrogen-bond acceptors (Lipinski definition) is 6. The van der Waals surface area contributed by atoms with Gasteiger partial charge < -0.3 is 14.9 Å². The first-order valence-corrected chi connectivity index (χ1v) is 6.60. The molecule has 1 saturated heterocycles. The van der Waals surface area contributed by atoms with Gasteiger partial charge in [0.2, 0.25) is 0 Å². The van der Waals surface area contributed by atoms with Crippen LogP contribution in [0.4, 0.5) is 5.82 Å². The second-order valence-corrected chi connectivity index (χ2v) is 5.63. The van der Waals surface area contributed by atoms with Crippen LogP contribution in [0.1, 0.15) is 19.8 Å². The molecular formula is C12H16N4O4. The number of nitro groups is 1. The third-order valence-electron chi connectivity index (χ3n) is 3.73. The van der Waals surface area contributed by atoms with Gasteiger partial charge in [0.1, 0.15) is 17.6 Å². The predicted molar refractivity (Wildman–Crippen MR) is 68.6 cm³/mol. The SMILES string of the molecule is CC1(CN2CCC(=O)CC2)Cn2cc([N+](=O)[O-])nc2O1. The summed E-state index contributed by atoms with van der Waals surface area (Å²) in [5.41, 5.74) is -0.447. The van der Waals surface area contributed by atoms with Gasteiger partial charge in [-0.2, -0.15) is 0 Å². The van der Waals surface area contributed by atoms with Gasteiger partial charge in [-0.1, -0.05) is 0 Å². The first-order chi connectivity index (χ1) is 9.45. The fourth-order valence-corrected chi connectivity index (χ4v) is 2.80. The second-order valence-electron chi connectivity index (χ2n) is 5.63. The number of aromatic nitrogens is 2. The van der Waals surface area contributed by atoms with E-state index in [4.69, 9.17) is 4.74 Å². The van der Waals surface area contributed by atoms with Gasteiger partial charge in [0, 0.05) is 37.5 Å². The zero-order valence-corrected chi connectivity index (χ0v) is 11.2. The molecule has 1 aromatic rings. The highest BCUT2D eigenvalue weighted by molar-refractivity contribution is 5.79. The molecule has 3 heterocycles. The van der Waals surface area contributed by atoms with Gasteiger partial charge in [0.15, 0.2) is 0 Å². The molecule has 1 atom stereocenters. The van der Waals surface area contributed by atoms with E-state index in [1.807, 2.05) is 6.92 Å². The van der Waals surface area contributed by atoms with Crippen molar-refractivity contribution in [3.8, 4) is 6.01 Å². The molecule has 20 heavy (non-hydrogen) atoms. The Labute approximate surface area is 115 Å². The van der Waals surface area contributed by atoms with E-state index in [1.54, 1.807) is 4.57 Å². The number of likely N-dealkylation sites (tertiary alicyclic amines) is 1. The van der Waals surface area contributed by atoms with Crippen LogP contribution in [0.3, 0.4) is 0 Å². The lowest BCUT2D eigenvalue weighted by molar-refractivity contribution is -0.389. The minimum absolute atomic E-state index is 0.189. The Balaban J connectivity index is 1.65. The molecule has 108 valence electrons. The minimum atomic E-state index is -0.526. The molecule has 0 aromatic carbocycles. The number of carbonyl (C=O) groups is 1. The summed E-state index contributed by atoms with van der Waals surface area (Å²) in [4.78, 5) is 27.4. The van der Waals surface area contributed by atoms with Crippen LogP contribution in [0.25, 0.3) is 0 Å². The maximum Gasteiger partial charge on any atom is 0.415 e. The van der Waals surface area contributed by atoms with Crippen molar-refractivity contribution >= 4 is 11.6 Å². The summed E-state index contributed by atoms with van der Waals surface area (Å²) in [5, 5.41) is 10.6. The Hall–Kier alpha value is -1.96. The van der Waals surface area contributed by atoms with Crippen molar-refractivity contribution in [3.05, 3.63) is 16.3 Å². The van der Waals surface area contributed by atoms with Crippen molar-refractivity contribution in [2.45, 2.75) is 31.9 Å². The predicted octanol–water partition coefficient (Wildman–Crippen LogP) is 0.607. The molecular weight excluding hydrogens is 264 g/mol. The second kappa shape index (κ2) is 4.55. The highest BCUT2D eigenvalue weighted by Gasteiger charge is 2.41. The summed E-state index contributed by atoms with van der Waals surface area (Å²) < 4.78 is 7.45. The molecule has 1 fully saturated rings. The number of hydrogen-bond donors (Lipinski definition) is 0. The van der Waals surface area contributed by atoms with Crippen LogP contribution in [0.15, 0.2) is 6.20 Å². The maximum absolute atomic E-state index is 11.2. The Bertz CT molecular complexity index is 534. The molecule has 0 radical (unpaired) electrons. The van der Waals surface area contributed by atoms with E-state index >= 15 is 0 Å². The molecule has 3 rings (SSSR count). The van der Waals surface area contributed by atoms with Crippen molar-refractivity contribution in [1.29, 1.82) is 0 Å². The Morgan fingerprint density at radius 2 is 2.20 bits per heavy atom. The van der Waals surface area contributed by atoms with E-state index in [2.05, 4.69) is 9.88 Å². The lowest BCUT2D eigenvalue weighted by Crippen LogP contribution is -2.47. The van der Waals surface area contributed by atoms with Gasteiger partial charge in [0.05, 0.1) is 6.54 Å². The molecule has 0 spiro atoms. The van der Waals surface area contributed by atoms with Gasteiger partial charge >= 0.3 is 11.8 Å². The molecule has 2 aliphatic heterocycles. The van der Waals surface area contributed by atoms with Gasteiger partial charge in [-0.15, -0.1) is 0 Å². The zero-order valence-electron chi connectivity index (χ0n) is 11.2. The third kappa shape index (κ3) is 2.38. The fraction of sp³-hybridized carbons (Fsp3) is 0.667. The van der Waals surface area contributed by atoms with Gasteiger partial charge in [0.25, 0.3) is 0 Å². The highest BCUT2D eigenvalue weighted by Crippen LogP contribution is 2.31. The largest absolute Gasteiger partial charge is 0.436 e. The third-order valence-corrected chi connectivity index (χ3v) is 3.73. The van der Waals surface area contributed by atoms with Crippen LogP contribution in [-0.2, 0) is 11.3 Å². The minimum Gasteiger partial charge on any atom is -0.436 e. The Morgan fingerprint density at radius 3 is 2.80 bits per heavy atom. The molecule has 1 unspecified atom stereocenters. The van der Waals surface area contributed by atoms with Crippen molar-refractivity contribution in [3.63, 3.8) is 0 Å². The summed E-state index contributed by atoms with van der Waals surface area (Å²) in [6.07, 6.45) is 2.58. The van der Waals surface area contributed by atoms with Crippen molar-refractivity contribution in [2.24, 2.45) is 0 Å². The molecule has 0 N–H and O–H groups in total. The van der Waals surface area contributed by atoms with E-state index in [0.717, 1.165) is 13.1 Å². The normalized spacial score (nSPS) is 26.4. The fourth-order valence-electron chi connectivity index (χ4n) is 2.80. The molecule has 2 aliphatic rings. The van der Waals surface area contributed by atoms with E-state index in [9.17, 15) is 14.9 Å². The molecule has 0 amide bonds. The number of Topliss-reactive ketones (excluding diaryl/α,β-unsaturated/α-hetero) is 1. The first-order valence-electron chi connectivity index (χ1n) is 6.60. The Kier molecular flexibility index (Phi) is 2.97. The average Bonchev–Trinajstić information content (AvgIpc) is 2.87. The lowest BCUT2D eigenvalue weighted by atomic mass is 10.0. The number of imidazole rings is 1.